The van der Waals surface area contributed by atoms with Crippen LogP contribution in [0.4, 0.5) is 0 Å². The highest BCUT2D eigenvalue weighted by molar-refractivity contribution is 4.91. The largest absolute Gasteiger partial charge is 0.316 e. The van der Waals surface area contributed by atoms with Gasteiger partial charge in [-0.05, 0) is 18.4 Å². The second-order valence-corrected chi connectivity index (χ2v) is 3.07. The third-order valence-electron chi connectivity index (χ3n) is 1.96. The van der Waals surface area contributed by atoms with Crippen molar-refractivity contribution in [3.63, 3.8) is 0 Å². The van der Waals surface area contributed by atoms with Crippen LogP contribution in [0.15, 0.2) is 0 Å². The van der Waals surface area contributed by atoms with E-state index in [1.54, 1.807) is 0 Å². The minimum atomic E-state index is 0.273. The molecule has 2 heteroatoms. The molecule has 1 saturated heterocycles. The van der Waals surface area contributed by atoms with Crippen molar-refractivity contribution in [2.75, 3.05) is 13.1 Å². The summed E-state index contributed by atoms with van der Waals surface area (Å²) in [5.41, 5.74) is 0.273. The van der Waals surface area contributed by atoms with Gasteiger partial charge in [-0.3, -0.25) is 0 Å². The van der Waals surface area contributed by atoms with Gasteiger partial charge in [0.15, 0.2) is 0 Å². The molecule has 0 aliphatic carbocycles. The highest BCUT2D eigenvalue weighted by Gasteiger charge is 2.27. The summed E-state index contributed by atoms with van der Waals surface area (Å²) in [6.07, 6.45) is 1.85. The molecule has 1 atom stereocenters. The van der Waals surface area contributed by atoms with Gasteiger partial charge in [0, 0.05) is 13.0 Å². The molecule has 0 aromatic rings. The van der Waals surface area contributed by atoms with E-state index >= 15 is 0 Å². The van der Waals surface area contributed by atoms with Crippen molar-refractivity contribution in [1.29, 1.82) is 5.26 Å². The fraction of sp³-hybridized carbons (Fsp3) is 0.857. The molecule has 0 radical (unpaired) electrons. The minimum Gasteiger partial charge on any atom is -0.316 e. The van der Waals surface area contributed by atoms with Crippen LogP contribution >= 0.6 is 0 Å². The molecule has 1 aliphatic heterocycles. The van der Waals surface area contributed by atoms with Crippen LogP contribution in [0.25, 0.3) is 0 Å². The average molecular weight is 124 g/mol. The number of nitrogens with one attached hydrogen (secondary N) is 1. The molecule has 1 heterocycles. The number of hydrogen-bond donors (Lipinski definition) is 1. The van der Waals surface area contributed by atoms with E-state index < -0.39 is 0 Å². The van der Waals surface area contributed by atoms with Crippen molar-refractivity contribution in [3.05, 3.63) is 0 Å². The zero-order chi connectivity index (χ0) is 6.74. The van der Waals surface area contributed by atoms with Gasteiger partial charge in [-0.25, -0.2) is 0 Å². The lowest BCUT2D eigenvalue weighted by atomic mass is 9.87. The predicted molar refractivity (Wildman–Crippen MR) is 35.8 cm³/mol. The highest BCUT2D eigenvalue weighted by atomic mass is 14.9. The second-order valence-electron chi connectivity index (χ2n) is 3.07. The van der Waals surface area contributed by atoms with Crippen molar-refractivity contribution in [2.45, 2.75) is 19.8 Å². The molecule has 0 spiro atoms. The molecular formula is C7H12N2. The lowest BCUT2D eigenvalue weighted by Crippen LogP contribution is -2.18. The molecule has 2 nitrogen and oxygen atoms in total. The summed E-state index contributed by atoms with van der Waals surface area (Å²) in [5.74, 6) is 0. The van der Waals surface area contributed by atoms with Crippen molar-refractivity contribution in [1.82, 2.24) is 5.32 Å². The molecule has 50 valence electrons. The molecule has 1 unspecified atom stereocenters. The van der Waals surface area contributed by atoms with Crippen LogP contribution < -0.4 is 5.32 Å². The van der Waals surface area contributed by atoms with Crippen LogP contribution in [0.1, 0.15) is 19.8 Å². The van der Waals surface area contributed by atoms with Crippen molar-refractivity contribution in [2.24, 2.45) is 5.41 Å². The van der Waals surface area contributed by atoms with Crippen molar-refractivity contribution < 1.29 is 0 Å². The summed E-state index contributed by atoms with van der Waals surface area (Å²) in [6, 6.07) is 2.21. The smallest absolute Gasteiger partial charge is 0.0627 e. The Kier molecular flexibility index (Phi) is 1.73. The van der Waals surface area contributed by atoms with E-state index in [1.807, 2.05) is 0 Å². The maximum absolute atomic E-state index is 8.41. The van der Waals surface area contributed by atoms with E-state index in [1.165, 1.54) is 0 Å². The Labute approximate surface area is 55.9 Å². The van der Waals surface area contributed by atoms with Gasteiger partial charge < -0.3 is 5.32 Å². The van der Waals surface area contributed by atoms with Crippen LogP contribution in [0.3, 0.4) is 0 Å². The Morgan fingerprint density at radius 1 is 1.78 bits per heavy atom. The second kappa shape index (κ2) is 2.36. The zero-order valence-electron chi connectivity index (χ0n) is 5.78. The fourth-order valence-corrected chi connectivity index (χ4v) is 1.21. The predicted octanol–water partition coefficient (Wildman–Crippen LogP) is 0.900. The Bertz CT molecular complexity index is 128. The first-order valence-electron chi connectivity index (χ1n) is 3.34. The van der Waals surface area contributed by atoms with Crippen LogP contribution in [-0.4, -0.2) is 13.1 Å². The molecule has 0 amide bonds. The summed E-state index contributed by atoms with van der Waals surface area (Å²) in [7, 11) is 0. The van der Waals surface area contributed by atoms with E-state index in [0.29, 0.717) is 6.42 Å². The third-order valence-corrected chi connectivity index (χ3v) is 1.96. The van der Waals surface area contributed by atoms with Crippen molar-refractivity contribution >= 4 is 0 Å². The lowest BCUT2D eigenvalue weighted by Gasteiger charge is -2.16. The number of hydrogen-bond acceptors (Lipinski definition) is 2. The molecule has 1 rings (SSSR count). The Morgan fingerprint density at radius 3 is 3.00 bits per heavy atom. The Hall–Kier alpha value is -0.550. The quantitative estimate of drug-likeness (QED) is 0.563. The molecular weight excluding hydrogens is 112 g/mol. The molecule has 1 aliphatic rings. The number of nitrogens with zero attached hydrogens (tertiary/aromatic N) is 1. The maximum atomic E-state index is 8.41. The van der Waals surface area contributed by atoms with Crippen molar-refractivity contribution in [3.8, 4) is 6.07 Å². The monoisotopic (exact) mass is 124 g/mol. The Morgan fingerprint density at radius 2 is 2.56 bits per heavy atom. The first-order chi connectivity index (χ1) is 4.27. The van der Waals surface area contributed by atoms with E-state index in [2.05, 4.69) is 18.3 Å². The standard InChI is InChI=1S/C7H12N2/c1-7(2-4-8)3-5-9-6-7/h9H,2-3,5-6H2,1H3. The highest BCUT2D eigenvalue weighted by Crippen LogP contribution is 2.27. The summed E-state index contributed by atoms with van der Waals surface area (Å²) in [6.45, 7) is 4.26. The minimum absolute atomic E-state index is 0.273. The fourth-order valence-electron chi connectivity index (χ4n) is 1.21. The van der Waals surface area contributed by atoms with Crippen LogP contribution in [0, 0.1) is 16.7 Å². The number of nitriles is 1. The van der Waals surface area contributed by atoms with Crippen LogP contribution in [-0.2, 0) is 0 Å². The first-order valence-corrected chi connectivity index (χ1v) is 3.34. The summed E-state index contributed by atoms with van der Waals surface area (Å²) in [4.78, 5) is 0. The van der Waals surface area contributed by atoms with Gasteiger partial charge in [-0.1, -0.05) is 6.92 Å². The molecule has 0 aromatic heterocycles. The molecule has 0 saturated carbocycles. The van der Waals surface area contributed by atoms with E-state index in [9.17, 15) is 0 Å². The van der Waals surface area contributed by atoms with Gasteiger partial charge in [-0.2, -0.15) is 5.26 Å². The number of rotatable bonds is 1. The summed E-state index contributed by atoms with van der Waals surface area (Å²) < 4.78 is 0. The van der Waals surface area contributed by atoms with Gasteiger partial charge in [-0.15, -0.1) is 0 Å². The van der Waals surface area contributed by atoms with Crippen LogP contribution in [0.2, 0.25) is 0 Å². The molecule has 0 bridgehead atoms. The average Bonchev–Trinajstić information content (AvgIpc) is 2.16. The zero-order valence-corrected chi connectivity index (χ0v) is 5.78. The maximum Gasteiger partial charge on any atom is 0.0627 e. The Balaban J connectivity index is 2.43. The van der Waals surface area contributed by atoms with Crippen LogP contribution in [0.5, 0.6) is 0 Å². The summed E-state index contributed by atoms with van der Waals surface area (Å²) in [5, 5.41) is 11.7. The van der Waals surface area contributed by atoms with Gasteiger partial charge in [0.05, 0.1) is 6.07 Å². The molecule has 1 N–H and O–H groups in total. The van der Waals surface area contributed by atoms with E-state index in [4.69, 9.17) is 5.26 Å². The molecule has 9 heavy (non-hydrogen) atoms. The lowest BCUT2D eigenvalue weighted by molar-refractivity contribution is 0.375. The normalized spacial score (nSPS) is 34.2. The topological polar surface area (TPSA) is 35.8 Å². The molecule has 1 fully saturated rings. The third kappa shape index (κ3) is 1.43. The van der Waals surface area contributed by atoms with Gasteiger partial charge in [0.25, 0.3) is 0 Å². The summed E-state index contributed by atoms with van der Waals surface area (Å²) >= 11 is 0. The van der Waals surface area contributed by atoms with E-state index in [0.717, 1.165) is 19.5 Å². The molecule has 0 aromatic carbocycles. The van der Waals surface area contributed by atoms with Gasteiger partial charge in [0.2, 0.25) is 0 Å². The van der Waals surface area contributed by atoms with Gasteiger partial charge >= 0.3 is 0 Å². The first kappa shape index (κ1) is 6.57. The van der Waals surface area contributed by atoms with E-state index in [-0.39, 0.29) is 5.41 Å². The SMILES string of the molecule is CC1(CC#N)CCNC1. The van der Waals surface area contributed by atoms with Gasteiger partial charge in [0.1, 0.15) is 0 Å².